The number of aromatic nitrogens is 2. The van der Waals surface area contributed by atoms with Gasteiger partial charge >= 0.3 is 0 Å². The second-order valence-corrected chi connectivity index (χ2v) is 5.59. The fraction of sp³-hybridized carbons (Fsp3) is 0.105. The molecule has 110 valence electrons. The van der Waals surface area contributed by atoms with Crippen molar-refractivity contribution in [3.05, 3.63) is 59.9 Å². The molecular weight excluding hydrogens is 286 g/mol. The van der Waals surface area contributed by atoms with Crippen LogP contribution in [-0.2, 0) is 7.05 Å². The Morgan fingerprint density at radius 1 is 1.09 bits per heavy atom. The number of fused-ring (bicyclic) bond motifs is 3. The standard InChI is InChI=1S/C19H14N3O/c1-12-6-8-14-15-9-7-13(11-20)21-19(15)23-18(14)17(12)16-5-3-4-10-22(16)2/h3-10H,1-2H3/q+1. The Kier molecular flexibility index (Phi) is 2.88. The molecule has 0 unspecified atom stereocenters. The second kappa shape index (κ2) is 4.92. The molecule has 0 atom stereocenters. The summed E-state index contributed by atoms with van der Waals surface area (Å²) in [7, 11) is 2.02. The highest BCUT2D eigenvalue weighted by Gasteiger charge is 2.20. The largest absolute Gasteiger partial charge is 0.437 e. The van der Waals surface area contributed by atoms with Gasteiger partial charge in [-0.2, -0.15) is 5.26 Å². The molecule has 4 nitrogen and oxygen atoms in total. The van der Waals surface area contributed by atoms with Crippen LogP contribution in [-0.4, -0.2) is 4.98 Å². The average molecular weight is 300 g/mol. The molecule has 0 amide bonds. The first-order valence-electron chi connectivity index (χ1n) is 7.37. The van der Waals surface area contributed by atoms with Crippen molar-refractivity contribution in [2.24, 2.45) is 7.05 Å². The van der Waals surface area contributed by atoms with Gasteiger partial charge in [0.05, 0.1) is 5.56 Å². The van der Waals surface area contributed by atoms with Gasteiger partial charge in [0.25, 0.3) is 0 Å². The summed E-state index contributed by atoms with van der Waals surface area (Å²) in [4.78, 5) is 4.28. The highest BCUT2D eigenvalue weighted by Crippen LogP contribution is 2.36. The minimum atomic E-state index is 0.361. The number of nitriles is 1. The Labute approximate surface area is 133 Å². The summed E-state index contributed by atoms with van der Waals surface area (Å²) in [6.07, 6.45) is 2.02. The van der Waals surface area contributed by atoms with E-state index in [0.29, 0.717) is 11.4 Å². The minimum absolute atomic E-state index is 0.361. The Morgan fingerprint density at radius 2 is 1.91 bits per heavy atom. The zero-order valence-corrected chi connectivity index (χ0v) is 12.9. The molecule has 1 aromatic carbocycles. The van der Waals surface area contributed by atoms with Crippen molar-refractivity contribution in [2.45, 2.75) is 6.92 Å². The van der Waals surface area contributed by atoms with Crippen LogP contribution in [0.4, 0.5) is 0 Å². The van der Waals surface area contributed by atoms with Crippen LogP contribution in [0.1, 0.15) is 11.3 Å². The Hall–Kier alpha value is -3.19. The van der Waals surface area contributed by atoms with E-state index in [1.807, 2.05) is 31.4 Å². The van der Waals surface area contributed by atoms with E-state index in [0.717, 1.165) is 33.2 Å². The van der Waals surface area contributed by atoms with Crippen LogP contribution in [0.3, 0.4) is 0 Å². The number of nitrogens with zero attached hydrogens (tertiary/aromatic N) is 3. The van der Waals surface area contributed by atoms with Gasteiger partial charge in [-0.3, -0.25) is 0 Å². The summed E-state index contributed by atoms with van der Waals surface area (Å²) in [5, 5.41) is 11.0. The van der Waals surface area contributed by atoms with E-state index in [1.165, 1.54) is 0 Å². The molecule has 0 aliphatic carbocycles. The lowest BCUT2D eigenvalue weighted by Crippen LogP contribution is -2.30. The number of hydrogen-bond acceptors (Lipinski definition) is 3. The van der Waals surface area contributed by atoms with Crippen LogP contribution in [0.15, 0.2) is 53.1 Å². The lowest BCUT2D eigenvalue weighted by molar-refractivity contribution is -0.660. The van der Waals surface area contributed by atoms with Gasteiger partial charge in [-0.1, -0.05) is 12.1 Å². The molecule has 0 aliphatic heterocycles. The van der Waals surface area contributed by atoms with Crippen LogP contribution >= 0.6 is 0 Å². The zero-order chi connectivity index (χ0) is 16.0. The van der Waals surface area contributed by atoms with E-state index in [-0.39, 0.29) is 0 Å². The molecule has 0 fully saturated rings. The molecule has 3 aromatic heterocycles. The maximum atomic E-state index is 9.03. The summed E-state index contributed by atoms with van der Waals surface area (Å²) in [6, 6.07) is 15.9. The van der Waals surface area contributed by atoms with Gasteiger partial charge in [-0.25, -0.2) is 9.55 Å². The van der Waals surface area contributed by atoms with Crippen molar-refractivity contribution >= 4 is 22.1 Å². The van der Waals surface area contributed by atoms with Crippen molar-refractivity contribution in [1.82, 2.24) is 4.98 Å². The molecule has 0 N–H and O–H groups in total. The van der Waals surface area contributed by atoms with Crippen LogP contribution < -0.4 is 4.57 Å². The van der Waals surface area contributed by atoms with Gasteiger partial charge in [-0.05, 0) is 30.7 Å². The lowest BCUT2D eigenvalue weighted by atomic mass is 10.0. The topological polar surface area (TPSA) is 53.7 Å². The first-order chi connectivity index (χ1) is 11.2. The summed E-state index contributed by atoms with van der Waals surface area (Å²) >= 11 is 0. The predicted molar refractivity (Wildman–Crippen MR) is 87.6 cm³/mol. The molecular formula is C19H14N3O+. The third-order valence-corrected chi connectivity index (χ3v) is 4.14. The van der Waals surface area contributed by atoms with Crippen molar-refractivity contribution < 1.29 is 8.98 Å². The SMILES string of the molecule is Cc1ccc2c(oc3nc(C#N)ccc32)c1-c1cccc[n+]1C. The molecule has 0 saturated heterocycles. The van der Waals surface area contributed by atoms with E-state index >= 15 is 0 Å². The molecule has 0 saturated carbocycles. The van der Waals surface area contributed by atoms with E-state index in [2.05, 4.69) is 40.7 Å². The zero-order valence-electron chi connectivity index (χ0n) is 12.9. The number of rotatable bonds is 1. The van der Waals surface area contributed by atoms with Crippen LogP contribution in [0.25, 0.3) is 33.3 Å². The first-order valence-corrected chi connectivity index (χ1v) is 7.37. The Balaban J connectivity index is 2.14. The summed E-state index contributed by atoms with van der Waals surface area (Å²) in [6.45, 7) is 2.07. The maximum absolute atomic E-state index is 9.03. The quantitative estimate of drug-likeness (QED) is 0.504. The molecule has 23 heavy (non-hydrogen) atoms. The van der Waals surface area contributed by atoms with Gasteiger partial charge in [0.2, 0.25) is 11.4 Å². The third kappa shape index (κ3) is 1.98. The Bertz CT molecular complexity index is 1100. The van der Waals surface area contributed by atoms with E-state index in [4.69, 9.17) is 9.68 Å². The van der Waals surface area contributed by atoms with Crippen molar-refractivity contribution in [2.75, 3.05) is 0 Å². The fourth-order valence-electron chi connectivity index (χ4n) is 2.98. The normalized spacial score (nSPS) is 11.0. The highest BCUT2D eigenvalue weighted by molar-refractivity contribution is 6.08. The van der Waals surface area contributed by atoms with Gasteiger partial charge in [-0.15, -0.1) is 0 Å². The van der Waals surface area contributed by atoms with Crippen LogP contribution in [0.5, 0.6) is 0 Å². The number of aryl methyl sites for hydroxylation is 2. The fourth-order valence-corrected chi connectivity index (χ4v) is 2.98. The molecule has 0 spiro atoms. The number of furan rings is 1. The molecule has 0 aliphatic rings. The number of hydrogen-bond donors (Lipinski definition) is 0. The Morgan fingerprint density at radius 3 is 2.70 bits per heavy atom. The molecule has 4 aromatic rings. The van der Waals surface area contributed by atoms with Crippen LogP contribution in [0, 0.1) is 18.3 Å². The lowest BCUT2D eigenvalue weighted by Gasteiger charge is -2.04. The van der Waals surface area contributed by atoms with Crippen molar-refractivity contribution in [3.8, 4) is 17.3 Å². The van der Waals surface area contributed by atoms with Crippen molar-refractivity contribution in [1.29, 1.82) is 5.26 Å². The maximum Gasteiger partial charge on any atom is 0.228 e. The predicted octanol–water partition coefficient (Wildman–Crippen LogP) is 3.65. The second-order valence-electron chi connectivity index (χ2n) is 5.59. The number of pyridine rings is 2. The number of benzene rings is 1. The molecule has 0 radical (unpaired) electrons. The minimum Gasteiger partial charge on any atom is -0.437 e. The average Bonchev–Trinajstić information content (AvgIpc) is 2.93. The van der Waals surface area contributed by atoms with Gasteiger partial charge < -0.3 is 4.42 Å². The summed E-state index contributed by atoms with van der Waals surface area (Å²) in [5.41, 5.74) is 4.95. The van der Waals surface area contributed by atoms with E-state index in [1.54, 1.807) is 6.07 Å². The first kappa shape index (κ1) is 13.5. The van der Waals surface area contributed by atoms with Gasteiger partial charge in [0.1, 0.15) is 18.8 Å². The van der Waals surface area contributed by atoms with Crippen molar-refractivity contribution in [3.63, 3.8) is 0 Å². The smallest absolute Gasteiger partial charge is 0.228 e. The van der Waals surface area contributed by atoms with E-state index < -0.39 is 0 Å². The van der Waals surface area contributed by atoms with Gasteiger partial charge in [0, 0.05) is 22.9 Å². The molecule has 4 heteroatoms. The molecule has 0 bridgehead atoms. The molecule has 3 heterocycles. The monoisotopic (exact) mass is 300 g/mol. The third-order valence-electron chi connectivity index (χ3n) is 4.14. The summed E-state index contributed by atoms with van der Waals surface area (Å²) in [5.74, 6) is 0. The van der Waals surface area contributed by atoms with E-state index in [9.17, 15) is 0 Å². The highest BCUT2D eigenvalue weighted by atomic mass is 16.3. The summed E-state index contributed by atoms with van der Waals surface area (Å²) < 4.78 is 8.11. The molecule has 4 rings (SSSR count). The van der Waals surface area contributed by atoms with Gasteiger partial charge in [0.15, 0.2) is 11.8 Å². The van der Waals surface area contributed by atoms with Crippen LogP contribution in [0.2, 0.25) is 0 Å².